The molecular formula is C38H49F3N6O3Si. The summed E-state index contributed by atoms with van der Waals surface area (Å²) in [4.78, 5) is 31.2. The highest BCUT2D eigenvalue weighted by atomic mass is 28.3. The average Bonchev–Trinajstić information content (AvgIpc) is 3.71. The van der Waals surface area contributed by atoms with E-state index in [9.17, 15) is 9.59 Å². The Kier molecular flexibility index (Phi) is 9.97. The van der Waals surface area contributed by atoms with Crippen LogP contribution in [0.2, 0.25) is 25.2 Å². The highest BCUT2D eigenvalue weighted by Crippen LogP contribution is 2.49. The molecule has 0 aromatic heterocycles. The van der Waals surface area contributed by atoms with E-state index < -0.39 is 55.2 Å². The predicted octanol–water partition coefficient (Wildman–Crippen LogP) is 8.22. The first-order valence-corrected chi connectivity index (χ1v) is 21.2. The summed E-state index contributed by atoms with van der Waals surface area (Å²) >= 11 is 0. The average molecular weight is 723 g/mol. The van der Waals surface area contributed by atoms with Gasteiger partial charge in [0.05, 0.1) is 31.5 Å². The molecule has 3 aromatic carbocycles. The molecule has 3 fully saturated rings. The second kappa shape index (κ2) is 14.0. The molecule has 9 nitrogen and oxygen atoms in total. The Bertz CT molecular complexity index is 1770. The molecule has 0 radical (unpaired) electrons. The highest BCUT2D eigenvalue weighted by Gasteiger charge is 2.40. The number of nitrogens with two attached hydrogens (primary N) is 2. The number of benzene rings is 3. The summed E-state index contributed by atoms with van der Waals surface area (Å²) in [5, 5.41) is 2.72. The normalized spacial score (nSPS) is 22.0. The van der Waals surface area contributed by atoms with Crippen molar-refractivity contribution in [1.82, 2.24) is 4.90 Å². The molecule has 6 rings (SSSR count). The molecule has 2 amide bonds. The first-order valence-electron chi connectivity index (χ1n) is 17.8. The van der Waals surface area contributed by atoms with Gasteiger partial charge in [0.2, 0.25) is 5.91 Å². The predicted molar refractivity (Wildman–Crippen MR) is 199 cm³/mol. The number of hydrogen-bond acceptors (Lipinski definition) is 7. The van der Waals surface area contributed by atoms with Gasteiger partial charge in [-0.05, 0) is 101 Å². The van der Waals surface area contributed by atoms with Crippen molar-refractivity contribution in [1.29, 1.82) is 0 Å². The molecule has 3 atom stereocenters. The summed E-state index contributed by atoms with van der Waals surface area (Å²) in [5.41, 5.74) is 13.9. The lowest BCUT2D eigenvalue weighted by atomic mass is 10.0. The number of halogens is 3. The zero-order valence-electron chi connectivity index (χ0n) is 30.1. The van der Waals surface area contributed by atoms with E-state index in [1.165, 1.54) is 29.2 Å². The van der Waals surface area contributed by atoms with Crippen LogP contribution in [0.3, 0.4) is 0 Å². The van der Waals surface area contributed by atoms with Crippen molar-refractivity contribution in [2.24, 2.45) is 0 Å². The fraction of sp³-hybridized carbons (Fsp3) is 0.474. The number of ether oxygens (including phenoxy) is 1. The number of carbonyl (C=O) groups is 2. The second-order valence-electron chi connectivity index (χ2n) is 15.9. The number of nitrogens with one attached hydrogen (secondary N) is 1. The molecule has 3 heterocycles. The Hall–Kier alpha value is -4.39. The van der Waals surface area contributed by atoms with Crippen LogP contribution in [-0.2, 0) is 9.53 Å². The molecule has 13 heteroatoms. The first kappa shape index (κ1) is 36.4. The maximum atomic E-state index is 16.2. The van der Waals surface area contributed by atoms with Gasteiger partial charge in [0.15, 0.2) is 11.6 Å². The summed E-state index contributed by atoms with van der Waals surface area (Å²) in [6, 6.07) is 12.8. The van der Waals surface area contributed by atoms with E-state index in [2.05, 4.69) is 18.4 Å². The SMILES string of the molecule is CC(C)(C)OC(=O)N1CCC[C@H]1C(=O)Nc1cc(F)c([C@H]2CC[C@H](c3ccc(N)cc3)N2c2cc(F)c(N3CC[Si](C)(C)CC3)c(F)c2)cc1N. The number of nitrogens with zero attached hydrogens (tertiary/aromatic N) is 3. The van der Waals surface area contributed by atoms with Crippen molar-refractivity contribution < 1.29 is 27.5 Å². The molecular weight excluding hydrogens is 674 g/mol. The maximum Gasteiger partial charge on any atom is 0.410 e. The molecule has 0 bridgehead atoms. The number of likely N-dealkylation sites (tertiary alicyclic amines) is 1. The zero-order chi connectivity index (χ0) is 36.8. The van der Waals surface area contributed by atoms with Gasteiger partial charge < -0.3 is 31.3 Å². The minimum atomic E-state index is -1.37. The monoisotopic (exact) mass is 722 g/mol. The molecule has 0 aliphatic carbocycles. The third kappa shape index (κ3) is 7.78. The number of rotatable bonds is 6. The summed E-state index contributed by atoms with van der Waals surface area (Å²) in [6.07, 6.45) is 1.51. The molecule has 0 spiro atoms. The van der Waals surface area contributed by atoms with Crippen LogP contribution in [0.1, 0.15) is 69.7 Å². The summed E-state index contributed by atoms with van der Waals surface area (Å²) in [7, 11) is -1.37. The van der Waals surface area contributed by atoms with E-state index in [1.54, 1.807) is 37.8 Å². The number of anilines is 5. The van der Waals surface area contributed by atoms with Gasteiger partial charge in [-0.25, -0.2) is 18.0 Å². The van der Waals surface area contributed by atoms with Crippen molar-refractivity contribution >= 4 is 48.5 Å². The van der Waals surface area contributed by atoms with E-state index in [0.717, 1.165) is 17.7 Å². The van der Waals surface area contributed by atoms with Crippen molar-refractivity contribution in [3.8, 4) is 0 Å². The van der Waals surface area contributed by atoms with E-state index in [1.807, 2.05) is 17.0 Å². The maximum absolute atomic E-state index is 16.2. The number of nitrogen functional groups attached to an aromatic ring is 2. The molecule has 3 saturated heterocycles. The molecule has 3 aromatic rings. The lowest BCUT2D eigenvalue weighted by molar-refractivity contribution is -0.120. The first-order chi connectivity index (χ1) is 24.0. The molecule has 51 heavy (non-hydrogen) atoms. The summed E-state index contributed by atoms with van der Waals surface area (Å²) < 4.78 is 53.7. The molecule has 3 aliphatic heterocycles. The summed E-state index contributed by atoms with van der Waals surface area (Å²) in [5.74, 6) is -2.42. The third-order valence-electron chi connectivity index (χ3n) is 10.4. The largest absolute Gasteiger partial charge is 0.444 e. The van der Waals surface area contributed by atoms with E-state index in [0.29, 0.717) is 56.7 Å². The topological polar surface area (TPSA) is 117 Å². The van der Waals surface area contributed by atoms with Crippen LogP contribution >= 0.6 is 0 Å². The van der Waals surface area contributed by atoms with Gasteiger partial charge in [-0.1, -0.05) is 25.2 Å². The van der Waals surface area contributed by atoms with Crippen LogP contribution in [0.15, 0.2) is 48.5 Å². The Morgan fingerprint density at radius 3 is 2.12 bits per heavy atom. The van der Waals surface area contributed by atoms with Crippen LogP contribution in [-0.4, -0.2) is 56.3 Å². The number of carbonyl (C=O) groups excluding carboxylic acids is 2. The van der Waals surface area contributed by atoms with Gasteiger partial charge in [-0.2, -0.15) is 0 Å². The van der Waals surface area contributed by atoms with Crippen LogP contribution in [0.25, 0.3) is 0 Å². The fourth-order valence-electron chi connectivity index (χ4n) is 7.63. The van der Waals surface area contributed by atoms with Gasteiger partial charge >= 0.3 is 6.09 Å². The number of hydrogen-bond donors (Lipinski definition) is 3. The van der Waals surface area contributed by atoms with Crippen molar-refractivity contribution in [3.63, 3.8) is 0 Å². The van der Waals surface area contributed by atoms with Crippen LogP contribution in [0, 0.1) is 17.5 Å². The van der Waals surface area contributed by atoms with Crippen LogP contribution in [0.4, 0.5) is 46.4 Å². The van der Waals surface area contributed by atoms with Crippen LogP contribution in [0.5, 0.6) is 0 Å². The molecule has 0 saturated carbocycles. The lowest BCUT2D eigenvalue weighted by Crippen LogP contribution is -2.45. The van der Waals surface area contributed by atoms with Gasteiger partial charge in [0, 0.05) is 36.6 Å². The van der Waals surface area contributed by atoms with Gasteiger partial charge in [-0.3, -0.25) is 9.69 Å². The smallest absolute Gasteiger partial charge is 0.410 e. The van der Waals surface area contributed by atoms with Gasteiger partial charge in [-0.15, -0.1) is 0 Å². The lowest BCUT2D eigenvalue weighted by Gasteiger charge is -2.38. The standard InChI is InChI=1S/C38H49F3N6O3Si/c1-38(2,3)50-37(49)46-14-6-7-34(46)36(48)44-31-22-27(39)26(21-30(31)43)33-13-12-32(23-8-10-24(42)11-9-23)47(33)25-19-28(40)35(29(41)20-25)45-15-17-51(4,5)18-16-45/h8-11,19-22,32-34H,6-7,12-18,42-43H2,1-5H3,(H,44,48)/t32-,33-,34+/m1/s1. The third-order valence-corrected chi connectivity index (χ3v) is 13.6. The minimum Gasteiger partial charge on any atom is -0.444 e. The van der Waals surface area contributed by atoms with Crippen LogP contribution < -0.4 is 26.6 Å². The molecule has 5 N–H and O–H groups in total. The number of amides is 2. The Morgan fingerprint density at radius 1 is 0.863 bits per heavy atom. The summed E-state index contributed by atoms with van der Waals surface area (Å²) in [6.45, 7) is 11.4. The Balaban J connectivity index is 1.30. The van der Waals surface area contributed by atoms with Crippen molar-refractivity contribution in [2.75, 3.05) is 46.2 Å². The van der Waals surface area contributed by atoms with Gasteiger partial charge in [0.1, 0.15) is 23.1 Å². The highest BCUT2D eigenvalue weighted by molar-refractivity contribution is 6.77. The fourth-order valence-corrected chi connectivity index (χ4v) is 9.63. The molecule has 274 valence electrons. The van der Waals surface area contributed by atoms with Crippen molar-refractivity contribution in [3.05, 3.63) is 77.1 Å². The van der Waals surface area contributed by atoms with E-state index in [-0.39, 0.29) is 28.7 Å². The molecule has 3 aliphatic rings. The van der Waals surface area contributed by atoms with Crippen molar-refractivity contribution in [2.45, 2.75) is 95.4 Å². The molecule has 0 unspecified atom stereocenters. The quantitative estimate of drug-likeness (QED) is 0.173. The zero-order valence-corrected chi connectivity index (χ0v) is 31.1. The Labute approximate surface area is 299 Å². The minimum absolute atomic E-state index is 0.0222. The van der Waals surface area contributed by atoms with Gasteiger partial charge in [0.25, 0.3) is 0 Å². The van der Waals surface area contributed by atoms with E-state index in [4.69, 9.17) is 16.2 Å². The Morgan fingerprint density at radius 2 is 1.49 bits per heavy atom. The second-order valence-corrected chi connectivity index (χ2v) is 21.2. The van der Waals surface area contributed by atoms with E-state index >= 15 is 13.2 Å².